The summed E-state index contributed by atoms with van der Waals surface area (Å²) in [6.07, 6.45) is 3.04. The predicted octanol–water partition coefficient (Wildman–Crippen LogP) is 3.33. The number of hydrogen-bond acceptors (Lipinski definition) is 8. The second-order valence-electron chi connectivity index (χ2n) is 10.1. The third kappa shape index (κ3) is 9.20. The summed E-state index contributed by atoms with van der Waals surface area (Å²) in [5, 5.41) is 9.40. The van der Waals surface area contributed by atoms with Crippen molar-refractivity contribution < 1.29 is 23.5 Å². The maximum atomic E-state index is 13.3. The minimum absolute atomic E-state index is 0.0239. The molecule has 2 N–H and O–H groups in total. The summed E-state index contributed by atoms with van der Waals surface area (Å²) in [4.78, 5) is 55.4. The van der Waals surface area contributed by atoms with Crippen LogP contribution in [0.15, 0.2) is 64.1 Å². The lowest BCUT2D eigenvalue weighted by atomic mass is 9.98. The number of aromatic nitrogens is 3. The fourth-order valence-corrected chi connectivity index (χ4v) is 3.90. The van der Waals surface area contributed by atoms with Gasteiger partial charge < -0.3 is 19.8 Å². The van der Waals surface area contributed by atoms with E-state index < -0.39 is 41.5 Å². The number of ether oxygens (including phenoxy) is 1. The molecule has 3 rings (SSSR count). The fraction of sp³-hybridized carbons (Fsp3) is 0.429. The molecule has 0 saturated carbocycles. The maximum Gasteiger partial charge on any atom is 0.437 e. The van der Waals surface area contributed by atoms with E-state index in [2.05, 4.69) is 20.7 Å². The molecule has 0 saturated heterocycles. The van der Waals surface area contributed by atoms with Crippen molar-refractivity contribution in [1.82, 2.24) is 25.4 Å². The smallest absolute Gasteiger partial charge is 0.437 e. The SMILES string of the molecule is CC(C)CC(NC(=O)OCc1ccccc1)C(=O)NC(CC(C)C)C(=O)c1nn(Cc2cccnc2)c(=O)o1. The van der Waals surface area contributed by atoms with Gasteiger partial charge in [-0.05, 0) is 41.9 Å². The summed E-state index contributed by atoms with van der Waals surface area (Å²) in [6, 6.07) is 10.7. The van der Waals surface area contributed by atoms with Crippen LogP contribution in [0, 0.1) is 11.8 Å². The highest BCUT2D eigenvalue weighted by atomic mass is 16.5. The minimum Gasteiger partial charge on any atom is -0.445 e. The number of hydrogen-bond donors (Lipinski definition) is 2. The number of amides is 2. The molecular formula is C28H35N5O6. The summed E-state index contributed by atoms with van der Waals surface area (Å²) in [5.41, 5.74) is 1.52. The van der Waals surface area contributed by atoms with Crippen LogP contribution in [-0.4, -0.2) is 44.6 Å². The maximum absolute atomic E-state index is 13.3. The third-order valence-corrected chi connectivity index (χ3v) is 5.74. The van der Waals surface area contributed by atoms with Gasteiger partial charge in [0.25, 0.3) is 5.89 Å². The molecular weight excluding hydrogens is 502 g/mol. The summed E-state index contributed by atoms with van der Waals surface area (Å²) in [7, 11) is 0. The quantitative estimate of drug-likeness (QED) is 0.316. The van der Waals surface area contributed by atoms with E-state index in [1.807, 2.05) is 58.0 Å². The second kappa shape index (κ2) is 14.0. The molecule has 0 spiro atoms. The van der Waals surface area contributed by atoms with Crippen LogP contribution < -0.4 is 16.4 Å². The first-order chi connectivity index (χ1) is 18.6. The molecule has 11 heteroatoms. The van der Waals surface area contributed by atoms with Gasteiger partial charge in [-0.2, -0.15) is 4.68 Å². The van der Waals surface area contributed by atoms with Crippen LogP contribution >= 0.6 is 0 Å². The Morgan fingerprint density at radius 2 is 1.59 bits per heavy atom. The van der Waals surface area contributed by atoms with Crippen molar-refractivity contribution in [2.45, 2.75) is 65.8 Å². The predicted molar refractivity (Wildman–Crippen MR) is 143 cm³/mol. The largest absolute Gasteiger partial charge is 0.445 e. The Morgan fingerprint density at radius 1 is 0.923 bits per heavy atom. The van der Waals surface area contributed by atoms with Gasteiger partial charge in [0, 0.05) is 12.4 Å². The number of benzene rings is 1. The zero-order chi connectivity index (χ0) is 28.4. The molecule has 1 aromatic carbocycles. The summed E-state index contributed by atoms with van der Waals surface area (Å²) >= 11 is 0. The van der Waals surface area contributed by atoms with E-state index >= 15 is 0 Å². The number of pyridine rings is 1. The number of carbonyl (C=O) groups is 3. The zero-order valence-corrected chi connectivity index (χ0v) is 22.6. The molecule has 0 fully saturated rings. The van der Waals surface area contributed by atoms with Crippen LogP contribution in [0.5, 0.6) is 0 Å². The lowest BCUT2D eigenvalue weighted by molar-refractivity contribution is -0.124. The van der Waals surface area contributed by atoms with Crippen LogP contribution in [0.1, 0.15) is 62.3 Å². The molecule has 2 amide bonds. The highest BCUT2D eigenvalue weighted by Crippen LogP contribution is 2.13. The Balaban J connectivity index is 1.71. The molecule has 0 aliphatic rings. The summed E-state index contributed by atoms with van der Waals surface area (Å²) in [5.74, 6) is -2.28. The molecule has 0 radical (unpaired) electrons. The lowest BCUT2D eigenvalue weighted by Crippen LogP contribution is -2.52. The monoisotopic (exact) mass is 537 g/mol. The van der Waals surface area contributed by atoms with Gasteiger partial charge in [0.15, 0.2) is 0 Å². The zero-order valence-electron chi connectivity index (χ0n) is 22.6. The van der Waals surface area contributed by atoms with Gasteiger partial charge in [-0.3, -0.25) is 14.6 Å². The van der Waals surface area contributed by atoms with Gasteiger partial charge in [-0.1, -0.05) is 64.1 Å². The molecule has 0 aliphatic carbocycles. The topological polar surface area (TPSA) is 145 Å². The molecule has 2 atom stereocenters. The van der Waals surface area contributed by atoms with E-state index in [-0.39, 0.29) is 31.4 Å². The lowest BCUT2D eigenvalue weighted by Gasteiger charge is -2.24. The highest BCUT2D eigenvalue weighted by molar-refractivity contribution is 5.99. The van der Waals surface area contributed by atoms with Crippen LogP contribution in [0.25, 0.3) is 0 Å². The Labute approximate surface area is 227 Å². The standard InChI is InChI=1S/C28H35N5O6/c1-18(2)13-22(24(34)26-32-33(28(37)39-26)16-21-11-8-12-29-15-21)30-25(35)23(14-19(3)4)31-27(36)38-17-20-9-6-5-7-10-20/h5-12,15,18-19,22-23H,13-14,16-17H2,1-4H3,(H,30,35)(H,31,36). The fourth-order valence-electron chi connectivity index (χ4n) is 3.90. The Hall–Kier alpha value is -4.28. The van der Waals surface area contributed by atoms with Crippen molar-refractivity contribution in [2.75, 3.05) is 0 Å². The Morgan fingerprint density at radius 3 is 2.23 bits per heavy atom. The van der Waals surface area contributed by atoms with Crippen LogP contribution in [-0.2, 0) is 22.7 Å². The normalized spacial score (nSPS) is 12.7. The summed E-state index contributed by atoms with van der Waals surface area (Å²) < 4.78 is 11.5. The number of Topliss-reactive ketones (excluding diaryl/α,β-unsaturated/α-hetero) is 1. The van der Waals surface area contributed by atoms with Crippen molar-refractivity contribution in [3.63, 3.8) is 0 Å². The molecule has 39 heavy (non-hydrogen) atoms. The molecule has 0 bridgehead atoms. The Kier molecular flexibility index (Phi) is 10.5. The first-order valence-corrected chi connectivity index (χ1v) is 12.9. The van der Waals surface area contributed by atoms with Gasteiger partial charge in [-0.25, -0.2) is 9.59 Å². The molecule has 0 aliphatic heterocycles. The van der Waals surface area contributed by atoms with Crippen molar-refractivity contribution in [2.24, 2.45) is 11.8 Å². The van der Waals surface area contributed by atoms with Crippen LogP contribution in [0.4, 0.5) is 4.79 Å². The number of nitrogens with zero attached hydrogens (tertiary/aromatic N) is 3. The van der Waals surface area contributed by atoms with E-state index in [4.69, 9.17) is 9.15 Å². The first kappa shape index (κ1) is 29.3. The third-order valence-electron chi connectivity index (χ3n) is 5.74. The molecule has 208 valence electrons. The minimum atomic E-state index is -1.01. The first-order valence-electron chi connectivity index (χ1n) is 12.9. The van der Waals surface area contributed by atoms with Crippen molar-refractivity contribution in [1.29, 1.82) is 0 Å². The van der Waals surface area contributed by atoms with Gasteiger partial charge in [0.1, 0.15) is 12.6 Å². The number of nitrogens with one attached hydrogen (secondary N) is 2. The van der Waals surface area contributed by atoms with Crippen LogP contribution in [0.3, 0.4) is 0 Å². The number of carbonyl (C=O) groups excluding carboxylic acids is 3. The van der Waals surface area contributed by atoms with Crippen molar-refractivity contribution in [3.05, 3.63) is 82.4 Å². The van der Waals surface area contributed by atoms with E-state index in [1.54, 1.807) is 24.5 Å². The Bertz CT molecular complexity index is 1290. The van der Waals surface area contributed by atoms with Crippen molar-refractivity contribution in [3.8, 4) is 0 Å². The van der Waals surface area contributed by atoms with Gasteiger partial charge in [-0.15, -0.1) is 5.10 Å². The van der Waals surface area contributed by atoms with Gasteiger partial charge in [0.2, 0.25) is 11.7 Å². The summed E-state index contributed by atoms with van der Waals surface area (Å²) in [6.45, 7) is 7.76. The molecule has 11 nitrogen and oxygen atoms in total. The van der Waals surface area contributed by atoms with Crippen LogP contribution in [0.2, 0.25) is 0 Å². The van der Waals surface area contributed by atoms with Gasteiger partial charge >= 0.3 is 11.8 Å². The number of rotatable bonds is 13. The average Bonchev–Trinajstić information content (AvgIpc) is 3.26. The molecule has 2 heterocycles. The molecule has 2 aromatic heterocycles. The number of alkyl carbamates (subject to hydrolysis) is 1. The molecule has 3 aromatic rings. The van der Waals surface area contributed by atoms with E-state index in [0.717, 1.165) is 10.2 Å². The number of ketones is 1. The molecule has 2 unspecified atom stereocenters. The van der Waals surface area contributed by atoms with Gasteiger partial charge in [0.05, 0.1) is 12.6 Å². The van der Waals surface area contributed by atoms with E-state index in [9.17, 15) is 19.2 Å². The van der Waals surface area contributed by atoms with E-state index in [0.29, 0.717) is 12.0 Å². The van der Waals surface area contributed by atoms with E-state index in [1.165, 1.54) is 0 Å². The second-order valence-corrected chi connectivity index (χ2v) is 10.1. The van der Waals surface area contributed by atoms with Crippen molar-refractivity contribution >= 4 is 17.8 Å². The highest BCUT2D eigenvalue weighted by Gasteiger charge is 2.31. The average molecular weight is 538 g/mol.